The van der Waals surface area contributed by atoms with Gasteiger partial charge in [0.2, 0.25) is 0 Å². The minimum absolute atomic E-state index is 0.109. The van der Waals surface area contributed by atoms with E-state index in [9.17, 15) is 9.59 Å². The highest BCUT2D eigenvalue weighted by Crippen LogP contribution is 2.29. The molecule has 2 aromatic rings. The molecule has 1 amide bonds. The Hall–Kier alpha value is -3.02. The number of nitrogens with one attached hydrogen (secondary N) is 1. The fraction of sp³-hybridized carbons (Fsp3) is 0.263. The van der Waals surface area contributed by atoms with E-state index in [1.807, 2.05) is 31.2 Å². The number of hydrogen-bond donors (Lipinski definition) is 1. The van der Waals surface area contributed by atoms with E-state index in [0.29, 0.717) is 11.4 Å². The topological polar surface area (TPSA) is 73.9 Å². The average molecular weight is 341 g/mol. The van der Waals surface area contributed by atoms with E-state index in [2.05, 4.69) is 5.32 Å². The zero-order chi connectivity index (χ0) is 17.6. The van der Waals surface area contributed by atoms with Crippen molar-refractivity contribution in [1.82, 2.24) is 0 Å². The predicted molar refractivity (Wildman–Crippen MR) is 91.7 cm³/mol. The number of anilines is 1. The molecule has 1 aliphatic rings. The second kappa shape index (κ2) is 7.70. The predicted octanol–water partition coefficient (Wildman–Crippen LogP) is 2.71. The van der Waals surface area contributed by atoms with Crippen LogP contribution in [0.4, 0.5) is 5.69 Å². The summed E-state index contributed by atoms with van der Waals surface area (Å²) in [6.07, 6.45) is -1.04. The fourth-order valence-corrected chi connectivity index (χ4v) is 2.46. The minimum Gasteiger partial charge on any atom is -0.490 e. The maximum Gasteiger partial charge on any atom is 0.310 e. The van der Waals surface area contributed by atoms with E-state index >= 15 is 0 Å². The third-order valence-corrected chi connectivity index (χ3v) is 3.76. The molecule has 0 saturated carbocycles. The molecule has 1 heterocycles. The van der Waals surface area contributed by atoms with E-state index in [0.717, 1.165) is 11.3 Å². The number of carbonyl (C=O) groups excluding carboxylic acids is 2. The molecule has 0 saturated heterocycles. The Balaban J connectivity index is 1.44. The SMILES string of the molecule is Cc1ccccc1OCCOC(=O)C[C@H]1Oc2ccccc2NC1=O. The van der Waals surface area contributed by atoms with Crippen LogP contribution in [-0.2, 0) is 14.3 Å². The van der Waals surface area contributed by atoms with Gasteiger partial charge in [-0.2, -0.15) is 0 Å². The molecule has 25 heavy (non-hydrogen) atoms. The van der Waals surface area contributed by atoms with Gasteiger partial charge in [0.15, 0.2) is 6.10 Å². The van der Waals surface area contributed by atoms with Gasteiger partial charge in [-0.25, -0.2) is 0 Å². The molecule has 130 valence electrons. The number of aryl methyl sites for hydroxylation is 1. The van der Waals surface area contributed by atoms with Gasteiger partial charge in [-0.05, 0) is 30.7 Å². The standard InChI is InChI=1S/C19H19NO5/c1-13-6-2-4-8-15(13)23-10-11-24-18(21)12-17-19(22)20-14-7-3-5-9-16(14)25-17/h2-9,17H,10-12H2,1H3,(H,20,22)/t17-/m1/s1. The molecule has 6 nitrogen and oxygen atoms in total. The van der Waals surface area contributed by atoms with E-state index in [1.54, 1.807) is 24.3 Å². The number of para-hydroxylation sites is 3. The number of carbonyl (C=O) groups is 2. The van der Waals surface area contributed by atoms with Crippen molar-refractivity contribution in [3.05, 3.63) is 54.1 Å². The molecular weight excluding hydrogens is 322 g/mol. The highest BCUT2D eigenvalue weighted by molar-refractivity contribution is 5.99. The molecule has 1 N–H and O–H groups in total. The molecular formula is C19H19NO5. The van der Waals surface area contributed by atoms with Crippen molar-refractivity contribution < 1.29 is 23.8 Å². The first-order valence-electron chi connectivity index (χ1n) is 8.04. The lowest BCUT2D eigenvalue weighted by molar-refractivity contribution is -0.148. The number of esters is 1. The molecule has 0 spiro atoms. The lowest BCUT2D eigenvalue weighted by atomic mass is 10.1. The Morgan fingerprint density at radius 1 is 1.12 bits per heavy atom. The van der Waals surface area contributed by atoms with Crippen LogP contribution in [0.2, 0.25) is 0 Å². The summed E-state index contributed by atoms with van der Waals surface area (Å²) >= 11 is 0. The monoisotopic (exact) mass is 341 g/mol. The highest BCUT2D eigenvalue weighted by atomic mass is 16.6. The van der Waals surface area contributed by atoms with E-state index in [1.165, 1.54) is 0 Å². The first-order valence-corrected chi connectivity index (χ1v) is 8.04. The van der Waals surface area contributed by atoms with Crippen molar-refractivity contribution in [2.75, 3.05) is 18.5 Å². The summed E-state index contributed by atoms with van der Waals surface area (Å²) < 4.78 is 16.2. The molecule has 0 aliphatic carbocycles. The number of hydrogen-bond acceptors (Lipinski definition) is 5. The smallest absolute Gasteiger partial charge is 0.310 e. The lowest BCUT2D eigenvalue weighted by Crippen LogP contribution is -2.39. The van der Waals surface area contributed by atoms with Crippen molar-refractivity contribution in [1.29, 1.82) is 0 Å². The van der Waals surface area contributed by atoms with E-state index in [-0.39, 0.29) is 25.5 Å². The summed E-state index contributed by atoms with van der Waals surface area (Å²) in [6, 6.07) is 14.7. The van der Waals surface area contributed by atoms with Crippen molar-refractivity contribution in [2.24, 2.45) is 0 Å². The second-order valence-corrected chi connectivity index (χ2v) is 5.63. The summed E-state index contributed by atoms with van der Waals surface area (Å²) in [5.74, 6) is 0.438. The van der Waals surface area contributed by atoms with Crippen molar-refractivity contribution in [3.8, 4) is 11.5 Å². The van der Waals surface area contributed by atoms with Crippen molar-refractivity contribution in [2.45, 2.75) is 19.4 Å². The number of benzene rings is 2. The van der Waals surface area contributed by atoms with Crippen LogP contribution < -0.4 is 14.8 Å². The molecule has 6 heteroatoms. The Bertz CT molecular complexity index is 774. The maximum absolute atomic E-state index is 12.0. The fourth-order valence-electron chi connectivity index (χ4n) is 2.46. The number of fused-ring (bicyclic) bond motifs is 1. The molecule has 3 rings (SSSR count). The van der Waals surface area contributed by atoms with E-state index < -0.39 is 12.1 Å². The van der Waals surface area contributed by atoms with Crippen molar-refractivity contribution >= 4 is 17.6 Å². The second-order valence-electron chi connectivity index (χ2n) is 5.63. The van der Waals surface area contributed by atoms with Crippen LogP contribution in [0.25, 0.3) is 0 Å². The number of ether oxygens (including phenoxy) is 3. The van der Waals surface area contributed by atoms with Crippen LogP contribution >= 0.6 is 0 Å². The van der Waals surface area contributed by atoms with Gasteiger partial charge in [-0.1, -0.05) is 30.3 Å². The quantitative estimate of drug-likeness (QED) is 0.646. The normalized spacial score (nSPS) is 15.6. The van der Waals surface area contributed by atoms with Crippen LogP contribution in [0.3, 0.4) is 0 Å². The largest absolute Gasteiger partial charge is 0.490 e. The Kier molecular flexibility index (Phi) is 5.18. The van der Waals surface area contributed by atoms with Crippen molar-refractivity contribution in [3.63, 3.8) is 0 Å². The van der Waals surface area contributed by atoms with Gasteiger partial charge in [-0.3, -0.25) is 9.59 Å². The van der Waals surface area contributed by atoms with Crippen LogP contribution in [0, 0.1) is 6.92 Å². The van der Waals surface area contributed by atoms with Crippen LogP contribution in [0.15, 0.2) is 48.5 Å². The van der Waals surface area contributed by atoms with Gasteiger partial charge in [0.05, 0.1) is 12.1 Å². The Morgan fingerprint density at radius 3 is 2.72 bits per heavy atom. The average Bonchev–Trinajstić information content (AvgIpc) is 2.61. The molecule has 2 aromatic carbocycles. The summed E-state index contributed by atoms with van der Waals surface area (Å²) in [5.41, 5.74) is 1.61. The molecule has 0 bridgehead atoms. The summed E-state index contributed by atoms with van der Waals surface area (Å²) in [6.45, 7) is 2.30. The van der Waals surface area contributed by atoms with E-state index in [4.69, 9.17) is 14.2 Å². The molecule has 0 unspecified atom stereocenters. The summed E-state index contributed by atoms with van der Waals surface area (Å²) in [4.78, 5) is 23.9. The van der Waals surface area contributed by atoms with Gasteiger partial charge in [0.25, 0.3) is 5.91 Å². The van der Waals surface area contributed by atoms with Crippen LogP contribution in [-0.4, -0.2) is 31.2 Å². The van der Waals surface area contributed by atoms with Crippen LogP contribution in [0.5, 0.6) is 11.5 Å². The van der Waals surface area contributed by atoms with Gasteiger partial charge in [0, 0.05) is 0 Å². The summed E-state index contributed by atoms with van der Waals surface area (Å²) in [5, 5.41) is 2.71. The Labute approximate surface area is 145 Å². The molecule has 0 radical (unpaired) electrons. The zero-order valence-electron chi connectivity index (χ0n) is 13.9. The molecule has 0 aromatic heterocycles. The Morgan fingerprint density at radius 2 is 1.88 bits per heavy atom. The van der Waals surface area contributed by atoms with Gasteiger partial charge in [0.1, 0.15) is 24.7 Å². The third kappa shape index (κ3) is 4.29. The van der Waals surface area contributed by atoms with Crippen LogP contribution in [0.1, 0.15) is 12.0 Å². The van der Waals surface area contributed by atoms with Gasteiger partial charge >= 0.3 is 5.97 Å². The number of rotatable bonds is 6. The summed E-state index contributed by atoms with van der Waals surface area (Å²) in [7, 11) is 0. The molecule has 1 aliphatic heterocycles. The zero-order valence-corrected chi connectivity index (χ0v) is 13.9. The van der Waals surface area contributed by atoms with Gasteiger partial charge in [-0.15, -0.1) is 0 Å². The first-order chi connectivity index (χ1) is 12.1. The molecule has 1 atom stereocenters. The lowest BCUT2D eigenvalue weighted by Gasteiger charge is -2.25. The minimum atomic E-state index is -0.889. The maximum atomic E-state index is 12.0. The first kappa shape index (κ1) is 16.8. The third-order valence-electron chi connectivity index (χ3n) is 3.76. The highest BCUT2D eigenvalue weighted by Gasteiger charge is 2.30. The van der Waals surface area contributed by atoms with Gasteiger partial charge < -0.3 is 19.5 Å². The number of amides is 1. The molecule has 0 fully saturated rings.